The highest BCUT2D eigenvalue weighted by molar-refractivity contribution is 6.13. The van der Waals surface area contributed by atoms with Gasteiger partial charge >= 0.3 is 5.97 Å². The zero-order chi connectivity index (χ0) is 18.8. The zero-order valence-electron chi connectivity index (χ0n) is 16.5. The molecule has 3 aliphatic heterocycles. The predicted octanol–water partition coefficient (Wildman–Crippen LogP) is 4.32. The van der Waals surface area contributed by atoms with E-state index >= 15 is 0 Å². The summed E-state index contributed by atoms with van der Waals surface area (Å²) in [6, 6.07) is 8.55. The summed E-state index contributed by atoms with van der Waals surface area (Å²) < 4.78 is 7.73. The zero-order valence-corrected chi connectivity index (χ0v) is 16.5. The minimum absolute atomic E-state index is 0.0209. The fourth-order valence-corrected chi connectivity index (χ4v) is 6.17. The maximum absolute atomic E-state index is 13.0. The first-order valence-corrected chi connectivity index (χ1v) is 10.4. The number of benzene rings is 1. The average Bonchev–Trinajstić information content (AvgIpc) is 3.02. The van der Waals surface area contributed by atoms with Gasteiger partial charge in [0.1, 0.15) is 5.70 Å². The molecule has 0 unspecified atom stereocenters. The molecule has 1 aromatic heterocycles. The molecule has 0 bridgehead atoms. The van der Waals surface area contributed by atoms with E-state index in [0.29, 0.717) is 6.61 Å². The Bertz CT molecular complexity index is 972. The van der Waals surface area contributed by atoms with Crippen LogP contribution in [-0.2, 0) is 21.5 Å². The highest BCUT2D eigenvalue weighted by atomic mass is 16.5. The van der Waals surface area contributed by atoms with E-state index < -0.39 is 0 Å². The van der Waals surface area contributed by atoms with Crippen LogP contribution in [0.4, 0.5) is 0 Å². The lowest BCUT2D eigenvalue weighted by molar-refractivity contribution is -0.137. The lowest BCUT2D eigenvalue weighted by Crippen LogP contribution is -2.63. The van der Waals surface area contributed by atoms with Crippen molar-refractivity contribution in [3.8, 4) is 0 Å². The highest BCUT2D eigenvalue weighted by Crippen LogP contribution is 2.60. The van der Waals surface area contributed by atoms with E-state index in [2.05, 4.69) is 53.7 Å². The van der Waals surface area contributed by atoms with Gasteiger partial charge in [-0.15, -0.1) is 0 Å². The van der Waals surface area contributed by atoms with Gasteiger partial charge in [0.2, 0.25) is 0 Å². The molecule has 0 radical (unpaired) electrons. The Kier molecular flexibility index (Phi) is 3.61. The minimum atomic E-state index is -0.196. The van der Waals surface area contributed by atoms with Crippen LogP contribution in [0.2, 0.25) is 0 Å². The molecule has 4 heterocycles. The summed E-state index contributed by atoms with van der Waals surface area (Å²) in [5, 5.41) is 1.29. The maximum atomic E-state index is 13.0. The van der Waals surface area contributed by atoms with Crippen molar-refractivity contribution < 1.29 is 9.53 Å². The highest BCUT2D eigenvalue weighted by Gasteiger charge is 2.59. The number of hydrogen-bond acceptors (Lipinski definition) is 3. The number of ether oxygens (including phenoxy) is 1. The number of hydrogen-bond donors (Lipinski definition) is 0. The van der Waals surface area contributed by atoms with E-state index in [9.17, 15) is 4.79 Å². The summed E-state index contributed by atoms with van der Waals surface area (Å²) in [6.45, 7) is 9.22. The van der Waals surface area contributed by atoms with Crippen LogP contribution in [0, 0.1) is 5.41 Å². The van der Waals surface area contributed by atoms with Crippen LogP contribution in [0.3, 0.4) is 0 Å². The Balaban J connectivity index is 1.90. The van der Waals surface area contributed by atoms with Gasteiger partial charge in [-0.05, 0) is 63.8 Å². The van der Waals surface area contributed by atoms with Gasteiger partial charge in [-0.25, -0.2) is 4.79 Å². The molecule has 0 N–H and O–H groups in total. The Morgan fingerprint density at radius 2 is 2.04 bits per heavy atom. The molecule has 1 fully saturated rings. The van der Waals surface area contributed by atoms with E-state index in [-0.39, 0.29) is 16.9 Å². The molecule has 27 heavy (non-hydrogen) atoms. The van der Waals surface area contributed by atoms with Crippen molar-refractivity contribution in [2.75, 3.05) is 19.7 Å². The fourth-order valence-electron chi connectivity index (χ4n) is 6.17. The van der Waals surface area contributed by atoms with Gasteiger partial charge in [-0.3, -0.25) is 4.90 Å². The summed E-state index contributed by atoms with van der Waals surface area (Å²) in [5.41, 5.74) is 4.54. The molecule has 5 rings (SSSR count). The first-order chi connectivity index (χ1) is 13.1. The Hall–Kier alpha value is -2.07. The van der Waals surface area contributed by atoms with Crippen LogP contribution in [-0.4, -0.2) is 35.1 Å². The molecule has 4 nitrogen and oxygen atoms in total. The number of rotatable bonds is 3. The van der Waals surface area contributed by atoms with Crippen molar-refractivity contribution >= 4 is 22.6 Å². The molecule has 0 amide bonds. The van der Waals surface area contributed by atoms with Crippen LogP contribution >= 0.6 is 0 Å². The normalized spacial score (nSPS) is 29.4. The minimum Gasteiger partial charge on any atom is -0.461 e. The van der Waals surface area contributed by atoms with E-state index in [0.717, 1.165) is 43.6 Å². The number of carbonyl (C=O) groups excluding carboxylic acids is 1. The Morgan fingerprint density at radius 3 is 2.81 bits per heavy atom. The number of nitrogens with zero attached hydrogens (tertiary/aromatic N) is 2. The van der Waals surface area contributed by atoms with Gasteiger partial charge in [0.25, 0.3) is 0 Å². The second kappa shape index (κ2) is 5.71. The first kappa shape index (κ1) is 17.1. The van der Waals surface area contributed by atoms with Crippen molar-refractivity contribution in [3.63, 3.8) is 0 Å². The summed E-state index contributed by atoms with van der Waals surface area (Å²) in [7, 11) is 0. The second-order valence-corrected chi connectivity index (χ2v) is 8.35. The molecular formula is C23H28N2O2. The number of para-hydroxylation sites is 1. The van der Waals surface area contributed by atoms with E-state index in [1.54, 1.807) is 0 Å². The standard InChI is InChI=1S/C23H28N2O2/c1-4-23-12-8-13-24-14-11-17-16-9-6-7-10-18(16)25(20(17)22(23,24)3)19(15-23)21(26)27-5-2/h6-7,9-10,15H,4-5,8,11-14H2,1-3H3/t22-,23+/m1/s1. The lowest BCUT2D eigenvalue weighted by atomic mass is 9.58. The third-order valence-corrected chi connectivity index (χ3v) is 7.49. The quantitative estimate of drug-likeness (QED) is 0.761. The van der Waals surface area contributed by atoms with Crippen molar-refractivity contribution in [1.29, 1.82) is 0 Å². The molecule has 2 atom stereocenters. The van der Waals surface area contributed by atoms with Crippen molar-refractivity contribution in [2.45, 2.75) is 52.0 Å². The van der Waals surface area contributed by atoms with Crippen LogP contribution in [0.15, 0.2) is 30.3 Å². The Labute approximate surface area is 160 Å². The fraction of sp³-hybridized carbons (Fsp3) is 0.522. The number of aromatic nitrogens is 1. The predicted molar refractivity (Wildman–Crippen MR) is 107 cm³/mol. The van der Waals surface area contributed by atoms with Crippen LogP contribution in [0.1, 0.15) is 51.3 Å². The molecule has 3 aliphatic rings. The molecular weight excluding hydrogens is 336 g/mol. The SMILES string of the molecule is CCOC(=O)C1=C[C@]2(CC)CCCN3CCc4c(n1c1ccccc41)[C@@]32C. The van der Waals surface area contributed by atoms with Crippen LogP contribution in [0.5, 0.6) is 0 Å². The molecule has 142 valence electrons. The molecule has 1 saturated heterocycles. The largest absolute Gasteiger partial charge is 0.461 e. The topological polar surface area (TPSA) is 34.5 Å². The third kappa shape index (κ3) is 1.94. The number of piperidine rings is 1. The van der Waals surface area contributed by atoms with Gasteiger partial charge in [-0.1, -0.05) is 25.1 Å². The first-order valence-electron chi connectivity index (χ1n) is 10.4. The average molecular weight is 364 g/mol. The second-order valence-electron chi connectivity index (χ2n) is 8.35. The Morgan fingerprint density at radius 1 is 1.22 bits per heavy atom. The van der Waals surface area contributed by atoms with Crippen molar-refractivity contribution in [3.05, 3.63) is 41.6 Å². The van der Waals surface area contributed by atoms with Crippen molar-refractivity contribution in [1.82, 2.24) is 9.47 Å². The molecule has 1 aromatic carbocycles. The van der Waals surface area contributed by atoms with Gasteiger partial charge in [-0.2, -0.15) is 0 Å². The summed E-state index contributed by atoms with van der Waals surface area (Å²) in [4.78, 5) is 15.7. The van der Waals surface area contributed by atoms with Crippen molar-refractivity contribution in [2.24, 2.45) is 5.41 Å². The summed E-state index contributed by atoms with van der Waals surface area (Å²) in [6.07, 6.45) is 6.66. The molecule has 0 spiro atoms. The smallest absolute Gasteiger partial charge is 0.354 e. The van der Waals surface area contributed by atoms with Gasteiger partial charge in [0, 0.05) is 23.0 Å². The molecule has 0 aliphatic carbocycles. The van der Waals surface area contributed by atoms with Crippen LogP contribution < -0.4 is 0 Å². The molecule has 4 heteroatoms. The lowest BCUT2D eigenvalue weighted by Gasteiger charge is -2.60. The monoisotopic (exact) mass is 364 g/mol. The molecule has 2 aromatic rings. The van der Waals surface area contributed by atoms with Gasteiger partial charge < -0.3 is 9.30 Å². The summed E-state index contributed by atoms with van der Waals surface area (Å²) in [5.74, 6) is -0.196. The van der Waals surface area contributed by atoms with E-state index in [4.69, 9.17) is 4.74 Å². The summed E-state index contributed by atoms with van der Waals surface area (Å²) >= 11 is 0. The van der Waals surface area contributed by atoms with Gasteiger partial charge in [0.15, 0.2) is 0 Å². The van der Waals surface area contributed by atoms with E-state index in [1.165, 1.54) is 23.1 Å². The number of carbonyl (C=O) groups is 1. The number of fused-ring (bicyclic) bond motifs is 3. The van der Waals surface area contributed by atoms with E-state index in [1.807, 2.05) is 6.92 Å². The number of esters is 1. The van der Waals surface area contributed by atoms with Gasteiger partial charge in [0.05, 0.1) is 17.7 Å². The van der Waals surface area contributed by atoms with Crippen LogP contribution in [0.25, 0.3) is 16.6 Å². The maximum Gasteiger partial charge on any atom is 0.354 e. The molecule has 0 saturated carbocycles. The third-order valence-electron chi connectivity index (χ3n) is 7.49.